The minimum Gasteiger partial charge on any atom is -0.462 e. The molecule has 5 atom stereocenters. The van der Waals surface area contributed by atoms with Crippen molar-refractivity contribution in [1.29, 1.82) is 0 Å². The van der Waals surface area contributed by atoms with Crippen LogP contribution in [0.5, 0.6) is 0 Å². The number of allylic oxidation sites excluding steroid dienone is 4. The van der Waals surface area contributed by atoms with Gasteiger partial charge in [0.25, 0.3) is 0 Å². The SMILES string of the molecule is CCCCCC/C=C\C=C/CCCCCCCC(=O)OC[C@H](COP(=O)(O)OC[C@@H](O)COP(=O)(O)OC[C@@H](COC(=O)CCCCCCC)OC(=O)CCCCCCCCCCCCC)OC(=O)CCCCCCCCCCCCCCCCCC(C)C. The number of carbonyl (C=O) groups excluding carboxylic acids is 4. The van der Waals surface area contributed by atoms with Gasteiger partial charge in [-0.3, -0.25) is 37.3 Å². The van der Waals surface area contributed by atoms with Crippen molar-refractivity contribution in [3.05, 3.63) is 24.3 Å². The molecule has 0 aliphatic rings. The summed E-state index contributed by atoms with van der Waals surface area (Å²) >= 11 is 0. The van der Waals surface area contributed by atoms with E-state index in [0.717, 1.165) is 121 Å². The van der Waals surface area contributed by atoms with Crippen LogP contribution in [-0.4, -0.2) is 96.7 Å². The zero-order valence-electron chi connectivity index (χ0n) is 57.0. The van der Waals surface area contributed by atoms with Crippen LogP contribution >= 0.6 is 15.6 Å². The van der Waals surface area contributed by atoms with Gasteiger partial charge in [-0.15, -0.1) is 0 Å². The number of aliphatic hydroxyl groups excluding tert-OH is 1. The Bertz CT molecular complexity index is 1810. The lowest BCUT2D eigenvalue weighted by molar-refractivity contribution is -0.161. The van der Waals surface area contributed by atoms with E-state index >= 15 is 0 Å². The molecule has 0 aromatic heterocycles. The summed E-state index contributed by atoms with van der Waals surface area (Å²) in [5.74, 6) is -1.36. The topological polar surface area (TPSA) is 237 Å². The van der Waals surface area contributed by atoms with Crippen molar-refractivity contribution in [1.82, 2.24) is 0 Å². The number of carbonyl (C=O) groups is 4. The summed E-state index contributed by atoms with van der Waals surface area (Å²) in [4.78, 5) is 72.2. The predicted molar refractivity (Wildman–Crippen MR) is 358 cm³/mol. The Morgan fingerprint density at radius 3 is 0.921 bits per heavy atom. The maximum atomic E-state index is 13.0. The van der Waals surface area contributed by atoms with Crippen LogP contribution in [0.3, 0.4) is 0 Å². The van der Waals surface area contributed by atoms with Crippen LogP contribution < -0.4 is 0 Å². The van der Waals surface area contributed by atoms with Crippen molar-refractivity contribution in [2.75, 3.05) is 39.6 Å². The molecule has 0 spiro atoms. The second-order valence-electron chi connectivity index (χ2n) is 25.1. The molecule has 0 aromatic carbocycles. The van der Waals surface area contributed by atoms with Gasteiger partial charge in [-0.2, -0.15) is 0 Å². The molecule has 0 radical (unpaired) electrons. The molecule has 0 aromatic rings. The molecule has 3 N–H and O–H groups in total. The van der Waals surface area contributed by atoms with Gasteiger partial charge in [0.2, 0.25) is 0 Å². The second kappa shape index (κ2) is 63.0. The molecule has 0 amide bonds. The highest BCUT2D eigenvalue weighted by atomic mass is 31.2. The van der Waals surface area contributed by atoms with E-state index < -0.39 is 97.5 Å². The molecule has 0 heterocycles. The number of hydrogen-bond acceptors (Lipinski definition) is 15. The molecule has 0 aliphatic carbocycles. The van der Waals surface area contributed by atoms with E-state index in [4.69, 9.17) is 37.0 Å². The number of rotatable bonds is 68. The Morgan fingerprint density at radius 1 is 0.348 bits per heavy atom. The highest BCUT2D eigenvalue weighted by Crippen LogP contribution is 2.45. The van der Waals surface area contributed by atoms with Gasteiger partial charge in [0.1, 0.15) is 19.3 Å². The summed E-state index contributed by atoms with van der Waals surface area (Å²) in [6, 6.07) is 0. The zero-order valence-corrected chi connectivity index (χ0v) is 58.8. The summed E-state index contributed by atoms with van der Waals surface area (Å²) in [6.45, 7) is 7.11. The van der Waals surface area contributed by atoms with Crippen LogP contribution in [-0.2, 0) is 65.4 Å². The van der Waals surface area contributed by atoms with Gasteiger partial charge in [-0.25, -0.2) is 9.13 Å². The molecule has 0 rings (SSSR count). The highest BCUT2D eigenvalue weighted by molar-refractivity contribution is 7.47. The van der Waals surface area contributed by atoms with E-state index in [0.29, 0.717) is 25.7 Å². The Morgan fingerprint density at radius 2 is 0.607 bits per heavy atom. The van der Waals surface area contributed by atoms with Gasteiger partial charge in [0.05, 0.1) is 26.4 Å². The number of esters is 4. The zero-order chi connectivity index (χ0) is 65.6. The van der Waals surface area contributed by atoms with Gasteiger partial charge < -0.3 is 33.8 Å². The first-order chi connectivity index (χ1) is 43.0. The van der Waals surface area contributed by atoms with Crippen molar-refractivity contribution >= 4 is 39.5 Å². The quantitative estimate of drug-likeness (QED) is 0.0169. The van der Waals surface area contributed by atoms with Crippen LogP contribution in [0.1, 0.15) is 336 Å². The fraction of sp³-hybridized carbons (Fsp3) is 0.886. The van der Waals surface area contributed by atoms with E-state index in [1.165, 1.54) is 135 Å². The van der Waals surface area contributed by atoms with E-state index in [-0.39, 0.29) is 25.7 Å². The molecule has 0 saturated carbocycles. The highest BCUT2D eigenvalue weighted by Gasteiger charge is 2.30. The maximum absolute atomic E-state index is 13.0. The van der Waals surface area contributed by atoms with Gasteiger partial charge in [0, 0.05) is 25.7 Å². The standard InChI is InChI=1S/C70H132O17P2/c1-6-9-12-15-17-19-21-22-24-28-32-35-39-44-49-54-68(73)81-60-66(87-70(75)56-51-46-41-37-33-29-26-23-25-27-31-34-38-43-47-52-63(4)5)62-85-89(78,79)83-58-64(71)57-82-88(76,77)84-61-65(59-80-67(72)53-48-42-14-11-8-3)86-69(74)55-50-45-40-36-30-20-18-16-13-10-7-2/h19,21-22,24,63-66,71H,6-18,20,23,25-62H2,1-5H3,(H,76,77)(H,78,79)/b21-19-,24-22-/t64-,65+,66+/m0/s1. The first-order valence-electron chi connectivity index (χ1n) is 36.0. The number of phosphoric acid groups is 2. The third kappa shape index (κ3) is 64.1. The Kier molecular flexibility index (Phi) is 61.2. The average Bonchev–Trinajstić information content (AvgIpc) is 3.53. The van der Waals surface area contributed by atoms with Crippen molar-refractivity contribution in [3.8, 4) is 0 Å². The minimum absolute atomic E-state index is 0.101. The van der Waals surface area contributed by atoms with Crippen LogP contribution in [0.25, 0.3) is 0 Å². The molecular weight excluding hydrogens is 1170 g/mol. The van der Waals surface area contributed by atoms with Gasteiger partial charge in [0.15, 0.2) is 12.2 Å². The molecule has 0 fully saturated rings. The summed E-state index contributed by atoms with van der Waals surface area (Å²) in [5, 5.41) is 10.5. The van der Waals surface area contributed by atoms with Gasteiger partial charge in [-0.05, 0) is 57.3 Å². The lowest BCUT2D eigenvalue weighted by Crippen LogP contribution is -2.30. The molecule has 0 bridgehead atoms. The molecule has 17 nitrogen and oxygen atoms in total. The summed E-state index contributed by atoms with van der Waals surface area (Å²) in [6.07, 6.45) is 52.5. The largest absolute Gasteiger partial charge is 0.472 e. The van der Waals surface area contributed by atoms with Gasteiger partial charge in [-0.1, -0.05) is 284 Å². The lowest BCUT2D eigenvalue weighted by atomic mass is 10.0. The first kappa shape index (κ1) is 86.5. The van der Waals surface area contributed by atoms with Crippen LogP contribution in [0.4, 0.5) is 0 Å². The van der Waals surface area contributed by atoms with Crippen molar-refractivity contribution in [3.63, 3.8) is 0 Å². The van der Waals surface area contributed by atoms with Gasteiger partial charge >= 0.3 is 39.5 Å². The monoisotopic (exact) mass is 1310 g/mol. The molecule has 524 valence electrons. The molecule has 0 aliphatic heterocycles. The van der Waals surface area contributed by atoms with Crippen LogP contribution in [0.2, 0.25) is 0 Å². The van der Waals surface area contributed by atoms with E-state index in [1.807, 2.05) is 0 Å². The van der Waals surface area contributed by atoms with E-state index in [2.05, 4.69) is 58.9 Å². The summed E-state index contributed by atoms with van der Waals surface area (Å²) < 4.78 is 68.0. The Balaban J connectivity index is 5.19. The first-order valence-corrected chi connectivity index (χ1v) is 38.9. The minimum atomic E-state index is -4.96. The molecule has 19 heteroatoms. The fourth-order valence-electron chi connectivity index (χ4n) is 10.1. The summed E-state index contributed by atoms with van der Waals surface area (Å²) in [5.41, 5.74) is 0. The smallest absolute Gasteiger partial charge is 0.462 e. The van der Waals surface area contributed by atoms with Crippen molar-refractivity contribution in [2.24, 2.45) is 5.92 Å². The Hall–Kier alpha value is -2.46. The molecule has 89 heavy (non-hydrogen) atoms. The third-order valence-electron chi connectivity index (χ3n) is 15.7. The molecule has 0 saturated heterocycles. The number of unbranched alkanes of at least 4 members (excludes halogenated alkanes) is 37. The number of ether oxygens (including phenoxy) is 4. The second-order valence-corrected chi connectivity index (χ2v) is 28.0. The van der Waals surface area contributed by atoms with Crippen molar-refractivity contribution in [2.45, 2.75) is 355 Å². The van der Waals surface area contributed by atoms with Crippen LogP contribution in [0, 0.1) is 5.92 Å². The Labute approximate surface area is 542 Å². The van der Waals surface area contributed by atoms with E-state index in [1.54, 1.807) is 0 Å². The normalized spacial score (nSPS) is 14.3. The van der Waals surface area contributed by atoms with Crippen molar-refractivity contribution < 1.29 is 80.2 Å². The fourth-order valence-corrected chi connectivity index (χ4v) is 11.7. The third-order valence-corrected chi connectivity index (χ3v) is 17.6. The average molecular weight is 1310 g/mol. The number of hydrogen-bond donors (Lipinski definition) is 3. The lowest BCUT2D eigenvalue weighted by Gasteiger charge is -2.21. The van der Waals surface area contributed by atoms with Crippen LogP contribution in [0.15, 0.2) is 24.3 Å². The number of aliphatic hydroxyl groups is 1. The number of phosphoric ester groups is 2. The molecular formula is C70H132O17P2. The maximum Gasteiger partial charge on any atom is 0.472 e. The summed E-state index contributed by atoms with van der Waals surface area (Å²) in [7, 11) is -9.90. The predicted octanol–water partition coefficient (Wildman–Crippen LogP) is 19.7. The van der Waals surface area contributed by atoms with E-state index in [9.17, 15) is 43.2 Å². The molecule has 2 unspecified atom stereocenters.